The number of nitrogens with one attached hydrogen (secondary N) is 1. The highest BCUT2D eigenvalue weighted by molar-refractivity contribution is 5.83. The molecule has 0 atom stereocenters. The van der Waals surface area contributed by atoms with Crippen LogP contribution in [0.25, 0.3) is 0 Å². The molecule has 1 rings (SSSR count). The van der Waals surface area contributed by atoms with Gasteiger partial charge < -0.3 is 4.74 Å². The molecule has 4 heteroatoms. The van der Waals surface area contributed by atoms with Crippen LogP contribution >= 0.6 is 0 Å². The van der Waals surface area contributed by atoms with Crippen LogP contribution < -0.4 is 5.43 Å². The van der Waals surface area contributed by atoms with Crippen LogP contribution in [-0.4, -0.2) is 17.4 Å². The van der Waals surface area contributed by atoms with E-state index in [-0.39, 0.29) is 0 Å². The predicted octanol–water partition coefficient (Wildman–Crippen LogP) is 3.91. The van der Waals surface area contributed by atoms with Gasteiger partial charge in [0.25, 0.3) is 0 Å². The molecule has 0 aromatic heterocycles. The molecule has 0 saturated heterocycles. The van der Waals surface area contributed by atoms with Crippen molar-refractivity contribution >= 4 is 11.8 Å². The fourth-order valence-electron chi connectivity index (χ4n) is 1.69. The number of ether oxygens (including phenoxy) is 1. The molecular formula is C16H24N2O2. The van der Waals surface area contributed by atoms with Crippen molar-refractivity contribution in [3.63, 3.8) is 0 Å². The summed E-state index contributed by atoms with van der Waals surface area (Å²) >= 11 is 0. The molecule has 0 unspecified atom stereocenters. The average molecular weight is 276 g/mol. The number of aryl methyl sites for hydroxylation is 1. The van der Waals surface area contributed by atoms with E-state index in [4.69, 9.17) is 4.74 Å². The normalized spacial score (nSPS) is 12.1. The second-order valence-electron chi connectivity index (χ2n) is 5.80. The molecule has 0 aliphatic rings. The minimum absolute atomic E-state index is 0.499. The summed E-state index contributed by atoms with van der Waals surface area (Å²) in [6, 6.07) is 10.3. The Morgan fingerprint density at radius 2 is 1.90 bits per heavy atom. The third-order valence-electron chi connectivity index (χ3n) is 2.58. The van der Waals surface area contributed by atoms with E-state index >= 15 is 0 Å². The summed E-state index contributed by atoms with van der Waals surface area (Å²) in [7, 11) is 0. The number of amides is 1. The number of hydrogen-bond acceptors (Lipinski definition) is 3. The number of rotatable bonds is 5. The number of nitrogens with zero attached hydrogens (tertiary/aromatic N) is 1. The maximum Gasteiger partial charge on any atom is 0.428 e. The second kappa shape index (κ2) is 7.68. The van der Waals surface area contributed by atoms with E-state index < -0.39 is 11.7 Å². The van der Waals surface area contributed by atoms with Gasteiger partial charge in [0.05, 0.1) is 0 Å². The summed E-state index contributed by atoms with van der Waals surface area (Å²) in [5, 5.41) is 4.03. The number of hydrazone groups is 1. The van der Waals surface area contributed by atoms with E-state index in [9.17, 15) is 4.79 Å². The van der Waals surface area contributed by atoms with Gasteiger partial charge in [0.1, 0.15) is 5.60 Å². The lowest BCUT2D eigenvalue weighted by Crippen LogP contribution is -2.30. The molecule has 110 valence electrons. The van der Waals surface area contributed by atoms with Gasteiger partial charge in [0.2, 0.25) is 0 Å². The van der Waals surface area contributed by atoms with Crippen molar-refractivity contribution < 1.29 is 9.53 Å². The minimum atomic E-state index is -0.514. The van der Waals surface area contributed by atoms with Crippen molar-refractivity contribution in [2.24, 2.45) is 5.10 Å². The molecule has 4 nitrogen and oxygen atoms in total. The molecule has 0 fully saturated rings. The molecule has 0 saturated carbocycles. The van der Waals surface area contributed by atoms with Crippen LogP contribution in [0.1, 0.15) is 46.1 Å². The van der Waals surface area contributed by atoms with Crippen LogP contribution in [0, 0.1) is 0 Å². The second-order valence-corrected chi connectivity index (χ2v) is 5.80. The molecule has 0 bridgehead atoms. The van der Waals surface area contributed by atoms with Gasteiger partial charge in [-0.15, -0.1) is 0 Å². The number of hydrogen-bond donors (Lipinski definition) is 1. The molecule has 0 aliphatic heterocycles. The Kier molecular flexibility index (Phi) is 6.22. The lowest BCUT2D eigenvalue weighted by Gasteiger charge is -2.18. The quantitative estimate of drug-likeness (QED) is 0.654. The van der Waals surface area contributed by atoms with E-state index in [1.54, 1.807) is 0 Å². The van der Waals surface area contributed by atoms with E-state index in [0.29, 0.717) is 0 Å². The van der Waals surface area contributed by atoms with Crippen LogP contribution in [0.3, 0.4) is 0 Å². The zero-order valence-electron chi connectivity index (χ0n) is 12.8. The van der Waals surface area contributed by atoms with E-state index in [1.807, 2.05) is 45.9 Å². The molecule has 0 spiro atoms. The fourth-order valence-corrected chi connectivity index (χ4v) is 1.69. The van der Waals surface area contributed by atoms with Crippen molar-refractivity contribution in [2.75, 3.05) is 0 Å². The van der Waals surface area contributed by atoms with Crippen molar-refractivity contribution in [3.05, 3.63) is 35.9 Å². The summed E-state index contributed by atoms with van der Waals surface area (Å²) in [5.41, 5.74) is 4.13. The zero-order valence-corrected chi connectivity index (χ0v) is 12.8. The van der Waals surface area contributed by atoms with Crippen LogP contribution in [0.4, 0.5) is 4.79 Å². The van der Waals surface area contributed by atoms with Crippen molar-refractivity contribution in [1.82, 2.24) is 5.43 Å². The topological polar surface area (TPSA) is 50.7 Å². The standard InChI is InChI=1S/C16H24N2O2/c1-13(17-18-15(19)20-16(2,3)4)9-8-12-14-10-6-5-7-11-14/h5-7,10-11H,8-9,12H2,1-4H3,(H,18,19)/b17-13+. The van der Waals surface area contributed by atoms with E-state index in [2.05, 4.69) is 22.7 Å². The van der Waals surface area contributed by atoms with Gasteiger partial charge in [0.15, 0.2) is 0 Å². The molecule has 1 aromatic rings. The average Bonchev–Trinajstić information content (AvgIpc) is 2.36. The van der Waals surface area contributed by atoms with Crippen molar-refractivity contribution in [3.8, 4) is 0 Å². The molecule has 1 N–H and O–H groups in total. The first-order valence-electron chi connectivity index (χ1n) is 6.93. The van der Waals surface area contributed by atoms with Gasteiger partial charge >= 0.3 is 6.09 Å². The Morgan fingerprint density at radius 3 is 2.50 bits per heavy atom. The highest BCUT2D eigenvalue weighted by atomic mass is 16.6. The molecule has 1 amide bonds. The smallest absolute Gasteiger partial charge is 0.428 e. The van der Waals surface area contributed by atoms with Gasteiger partial charge in [-0.3, -0.25) is 0 Å². The van der Waals surface area contributed by atoms with E-state index in [1.165, 1.54) is 5.56 Å². The molecule has 20 heavy (non-hydrogen) atoms. The summed E-state index contributed by atoms with van der Waals surface area (Å²) in [6.07, 6.45) is 2.36. The predicted molar refractivity (Wildman–Crippen MR) is 81.9 cm³/mol. The first-order valence-corrected chi connectivity index (χ1v) is 6.93. The summed E-state index contributed by atoms with van der Waals surface area (Å²) in [4.78, 5) is 11.4. The van der Waals surface area contributed by atoms with Crippen LogP contribution in [0.5, 0.6) is 0 Å². The first kappa shape index (κ1) is 16.2. The highest BCUT2D eigenvalue weighted by Gasteiger charge is 2.15. The lowest BCUT2D eigenvalue weighted by molar-refractivity contribution is 0.0529. The number of carbonyl (C=O) groups is 1. The number of carbonyl (C=O) groups excluding carboxylic acids is 1. The Labute approximate surface area is 121 Å². The first-order chi connectivity index (χ1) is 9.37. The molecule has 0 radical (unpaired) electrons. The maximum atomic E-state index is 11.4. The van der Waals surface area contributed by atoms with Gasteiger partial charge in [-0.05, 0) is 52.5 Å². The van der Waals surface area contributed by atoms with Crippen LogP contribution in [0.15, 0.2) is 35.4 Å². The van der Waals surface area contributed by atoms with Crippen molar-refractivity contribution in [1.29, 1.82) is 0 Å². The highest BCUT2D eigenvalue weighted by Crippen LogP contribution is 2.07. The fraction of sp³-hybridized carbons (Fsp3) is 0.500. The third-order valence-corrected chi connectivity index (χ3v) is 2.58. The number of benzene rings is 1. The van der Waals surface area contributed by atoms with Gasteiger partial charge in [0, 0.05) is 5.71 Å². The molecule has 0 heterocycles. The minimum Gasteiger partial charge on any atom is -0.443 e. The largest absolute Gasteiger partial charge is 0.443 e. The maximum absolute atomic E-state index is 11.4. The SMILES string of the molecule is C/C(CCCc1ccccc1)=N\NC(=O)OC(C)(C)C. The van der Waals surface area contributed by atoms with Gasteiger partial charge in [-0.25, -0.2) is 10.2 Å². The zero-order chi connectivity index (χ0) is 15.0. The lowest BCUT2D eigenvalue weighted by atomic mass is 10.1. The van der Waals surface area contributed by atoms with Gasteiger partial charge in [-0.1, -0.05) is 30.3 Å². The summed E-state index contributed by atoms with van der Waals surface area (Å²) in [5.74, 6) is 0. The Bertz CT molecular complexity index is 447. The van der Waals surface area contributed by atoms with Gasteiger partial charge in [-0.2, -0.15) is 5.10 Å². The summed E-state index contributed by atoms with van der Waals surface area (Å²) in [6.45, 7) is 7.37. The Balaban J connectivity index is 2.27. The monoisotopic (exact) mass is 276 g/mol. The molecule has 1 aromatic carbocycles. The van der Waals surface area contributed by atoms with Crippen molar-refractivity contribution in [2.45, 2.75) is 52.6 Å². The Hall–Kier alpha value is -1.84. The van der Waals surface area contributed by atoms with Crippen LogP contribution in [0.2, 0.25) is 0 Å². The van der Waals surface area contributed by atoms with E-state index in [0.717, 1.165) is 25.0 Å². The third kappa shape index (κ3) is 7.56. The van der Waals surface area contributed by atoms with Crippen LogP contribution in [-0.2, 0) is 11.2 Å². The summed E-state index contributed by atoms with van der Waals surface area (Å²) < 4.78 is 5.10. The molecule has 0 aliphatic carbocycles. The molecular weight excluding hydrogens is 252 g/mol. The Morgan fingerprint density at radius 1 is 1.25 bits per heavy atom.